The van der Waals surface area contributed by atoms with Gasteiger partial charge in [-0.2, -0.15) is 0 Å². The van der Waals surface area contributed by atoms with E-state index in [1.807, 2.05) is 0 Å². The van der Waals surface area contributed by atoms with Crippen molar-refractivity contribution >= 4 is 23.6 Å². The third-order valence-electron chi connectivity index (χ3n) is 1.39. The second kappa shape index (κ2) is 3.40. The zero-order valence-electron chi connectivity index (χ0n) is 6.23. The number of aromatic hydroxyl groups is 1. The number of nitro benzene ring substituents is 1. The van der Waals surface area contributed by atoms with E-state index in [9.17, 15) is 14.9 Å². The Morgan fingerprint density at radius 1 is 1.54 bits per heavy atom. The third kappa shape index (κ3) is 1.75. The predicted octanol–water partition coefficient (Wildman–Crippen LogP) is 1.77. The molecule has 0 fully saturated rings. The second-order valence-corrected chi connectivity index (χ2v) is 2.63. The summed E-state index contributed by atoms with van der Waals surface area (Å²) in [6.45, 7) is 0. The maximum Gasteiger partial charge on any atom is 0.292 e. The van der Waals surface area contributed by atoms with E-state index in [4.69, 9.17) is 16.7 Å². The van der Waals surface area contributed by atoms with Gasteiger partial charge in [-0.3, -0.25) is 14.9 Å². The molecule has 0 saturated carbocycles. The van der Waals surface area contributed by atoms with Crippen molar-refractivity contribution in [3.05, 3.63) is 32.8 Å². The Kier molecular flexibility index (Phi) is 2.48. The first-order valence-electron chi connectivity index (χ1n) is 3.18. The molecular formula is C7H4ClNO4. The molecule has 0 aliphatic heterocycles. The van der Waals surface area contributed by atoms with Crippen LogP contribution in [0.3, 0.4) is 0 Å². The molecule has 0 radical (unpaired) electrons. The molecule has 0 aliphatic carbocycles. The van der Waals surface area contributed by atoms with Crippen LogP contribution in [0.2, 0.25) is 5.02 Å². The van der Waals surface area contributed by atoms with Crippen molar-refractivity contribution in [1.82, 2.24) is 0 Å². The number of nitrogens with zero attached hydrogens (tertiary/aromatic N) is 1. The van der Waals surface area contributed by atoms with Crippen LogP contribution in [0.15, 0.2) is 12.1 Å². The molecule has 1 aromatic carbocycles. The van der Waals surface area contributed by atoms with Gasteiger partial charge >= 0.3 is 0 Å². The van der Waals surface area contributed by atoms with Crippen molar-refractivity contribution in [2.45, 2.75) is 0 Å². The largest absolute Gasteiger partial charge is 0.506 e. The van der Waals surface area contributed by atoms with Gasteiger partial charge in [0.1, 0.15) is 12.0 Å². The molecule has 0 atom stereocenters. The van der Waals surface area contributed by atoms with Gasteiger partial charge in [0.2, 0.25) is 0 Å². The Hall–Kier alpha value is -1.62. The van der Waals surface area contributed by atoms with Gasteiger partial charge in [0, 0.05) is 11.6 Å². The highest BCUT2D eigenvalue weighted by atomic mass is 35.5. The minimum atomic E-state index is -0.769. The van der Waals surface area contributed by atoms with Gasteiger partial charge in [-0.15, -0.1) is 0 Å². The summed E-state index contributed by atoms with van der Waals surface area (Å²) in [5.74, 6) is -0.474. The Morgan fingerprint density at radius 2 is 2.15 bits per heavy atom. The van der Waals surface area contributed by atoms with Crippen molar-refractivity contribution in [2.75, 3.05) is 0 Å². The van der Waals surface area contributed by atoms with Crippen LogP contribution in [0.1, 0.15) is 10.4 Å². The van der Waals surface area contributed by atoms with Gasteiger partial charge in [-0.25, -0.2) is 0 Å². The van der Waals surface area contributed by atoms with Crippen LogP contribution in [0.5, 0.6) is 5.75 Å². The summed E-state index contributed by atoms with van der Waals surface area (Å²) in [7, 11) is 0. The lowest BCUT2D eigenvalue weighted by Crippen LogP contribution is -1.91. The summed E-state index contributed by atoms with van der Waals surface area (Å²) in [6.07, 6.45) is 0.392. The Balaban J connectivity index is 3.41. The van der Waals surface area contributed by atoms with Crippen molar-refractivity contribution in [1.29, 1.82) is 0 Å². The summed E-state index contributed by atoms with van der Waals surface area (Å²) < 4.78 is 0. The van der Waals surface area contributed by atoms with Crippen LogP contribution >= 0.6 is 11.6 Å². The number of benzene rings is 1. The van der Waals surface area contributed by atoms with E-state index in [2.05, 4.69) is 0 Å². The number of halogens is 1. The second-order valence-electron chi connectivity index (χ2n) is 2.25. The maximum atomic E-state index is 10.3. The average molecular weight is 202 g/mol. The van der Waals surface area contributed by atoms with Gasteiger partial charge < -0.3 is 5.11 Å². The number of hydrogen-bond donors (Lipinski definition) is 1. The number of phenolic OH excluding ortho intramolecular Hbond substituents is 1. The van der Waals surface area contributed by atoms with E-state index in [-0.39, 0.29) is 10.6 Å². The Labute approximate surface area is 77.7 Å². The number of nitro groups is 1. The molecule has 5 nitrogen and oxygen atoms in total. The summed E-state index contributed by atoms with van der Waals surface area (Å²) in [4.78, 5) is 19.8. The molecule has 6 heteroatoms. The van der Waals surface area contributed by atoms with Crippen LogP contribution in [-0.2, 0) is 0 Å². The lowest BCUT2D eigenvalue weighted by atomic mass is 10.2. The Morgan fingerprint density at radius 3 is 2.62 bits per heavy atom. The highest BCUT2D eigenvalue weighted by molar-refractivity contribution is 6.34. The molecule has 1 rings (SSSR count). The molecular weight excluding hydrogens is 198 g/mol. The first-order valence-corrected chi connectivity index (χ1v) is 3.56. The van der Waals surface area contributed by atoms with E-state index in [0.29, 0.717) is 6.29 Å². The zero-order valence-corrected chi connectivity index (χ0v) is 6.99. The zero-order chi connectivity index (χ0) is 10.0. The Bertz CT molecular complexity index is 377. The molecule has 1 aromatic rings. The van der Waals surface area contributed by atoms with Crippen LogP contribution in [-0.4, -0.2) is 16.3 Å². The molecule has 0 bridgehead atoms. The summed E-state index contributed by atoms with van der Waals surface area (Å²) >= 11 is 5.41. The molecule has 68 valence electrons. The van der Waals surface area contributed by atoms with Crippen molar-refractivity contribution < 1.29 is 14.8 Å². The third-order valence-corrected chi connectivity index (χ3v) is 1.78. The van der Waals surface area contributed by atoms with Gasteiger partial charge in [0.25, 0.3) is 5.69 Å². The van der Waals surface area contributed by atoms with Gasteiger partial charge in [-0.05, 0) is 6.07 Å². The van der Waals surface area contributed by atoms with Crippen molar-refractivity contribution in [2.24, 2.45) is 0 Å². The lowest BCUT2D eigenvalue weighted by molar-refractivity contribution is -0.384. The summed E-state index contributed by atoms with van der Waals surface area (Å²) in [5.41, 5.74) is -0.475. The van der Waals surface area contributed by atoms with Gasteiger partial charge in [0.15, 0.2) is 5.02 Å². The van der Waals surface area contributed by atoms with Crippen LogP contribution < -0.4 is 0 Å². The molecule has 0 unspecified atom stereocenters. The topological polar surface area (TPSA) is 80.4 Å². The first-order chi connectivity index (χ1) is 6.06. The monoisotopic (exact) mass is 201 g/mol. The summed E-state index contributed by atoms with van der Waals surface area (Å²) in [6, 6.07) is 2.05. The maximum absolute atomic E-state index is 10.3. The minimum absolute atomic E-state index is 0.00796. The van der Waals surface area contributed by atoms with E-state index >= 15 is 0 Å². The van der Waals surface area contributed by atoms with Crippen LogP contribution in [0.4, 0.5) is 5.69 Å². The average Bonchev–Trinajstić information content (AvgIpc) is 2.09. The molecule has 0 aromatic heterocycles. The number of carbonyl (C=O) groups is 1. The fraction of sp³-hybridized carbons (Fsp3) is 0. The molecule has 0 saturated heterocycles. The van der Waals surface area contributed by atoms with E-state index in [1.54, 1.807) is 0 Å². The number of aldehydes is 1. The molecule has 0 heterocycles. The number of phenols is 1. The molecule has 0 spiro atoms. The van der Waals surface area contributed by atoms with Crippen molar-refractivity contribution in [3.63, 3.8) is 0 Å². The van der Waals surface area contributed by atoms with E-state index in [1.165, 1.54) is 0 Å². The number of hydrogen-bond acceptors (Lipinski definition) is 4. The highest BCUT2D eigenvalue weighted by Gasteiger charge is 2.17. The smallest absolute Gasteiger partial charge is 0.292 e. The molecule has 1 N–H and O–H groups in total. The number of carbonyl (C=O) groups excluding carboxylic acids is 1. The van der Waals surface area contributed by atoms with Crippen LogP contribution in [0.25, 0.3) is 0 Å². The first kappa shape index (κ1) is 9.47. The van der Waals surface area contributed by atoms with E-state index < -0.39 is 16.4 Å². The quantitative estimate of drug-likeness (QED) is 0.449. The van der Waals surface area contributed by atoms with Gasteiger partial charge in [0.05, 0.1) is 4.92 Å². The number of rotatable bonds is 2. The standard InChI is InChI=1S/C7H4ClNO4/c8-7-5(9(12)13)1-4(3-10)2-6(7)11/h1-3,11H. The molecule has 13 heavy (non-hydrogen) atoms. The van der Waals surface area contributed by atoms with Crippen molar-refractivity contribution in [3.8, 4) is 5.75 Å². The molecule has 0 amide bonds. The van der Waals surface area contributed by atoms with Crippen LogP contribution in [0, 0.1) is 10.1 Å². The predicted molar refractivity (Wildman–Crippen MR) is 45.2 cm³/mol. The normalized spacial score (nSPS) is 9.62. The molecule has 0 aliphatic rings. The summed E-state index contributed by atoms with van der Waals surface area (Å²) in [5, 5.41) is 19.0. The minimum Gasteiger partial charge on any atom is -0.506 e. The highest BCUT2D eigenvalue weighted by Crippen LogP contribution is 2.33. The lowest BCUT2D eigenvalue weighted by Gasteiger charge is -1.98. The fourth-order valence-electron chi connectivity index (χ4n) is 0.816. The van der Waals surface area contributed by atoms with Gasteiger partial charge in [-0.1, -0.05) is 11.6 Å². The SMILES string of the molecule is O=Cc1cc(O)c(Cl)c([N+](=O)[O-])c1. The van der Waals surface area contributed by atoms with E-state index in [0.717, 1.165) is 12.1 Å². The fourth-order valence-corrected chi connectivity index (χ4v) is 0.994.